The van der Waals surface area contributed by atoms with Crippen LogP contribution in [-0.2, 0) is 0 Å². The van der Waals surface area contributed by atoms with E-state index in [1.165, 1.54) is 30.5 Å². The van der Waals surface area contributed by atoms with E-state index in [0.29, 0.717) is 16.7 Å². The molecule has 3 aromatic rings. The third-order valence-electron chi connectivity index (χ3n) is 2.85. The lowest BCUT2D eigenvalue weighted by molar-refractivity contribution is 0.588. The molecule has 0 saturated carbocycles. The summed E-state index contributed by atoms with van der Waals surface area (Å²) in [5.74, 6) is -0.955. The molecule has 1 N–H and O–H groups in total. The number of pyridine rings is 1. The number of H-pyrrole nitrogens is 1. The van der Waals surface area contributed by atoms with E-state index in [9.17, 15) is 8.78 Å². The number of hydrogen-bond acceptors (Lipinski definition) is 2. The van der Waals surface area contributed by atoms with Crippen molar-refractivity contribution in [3.8, 4) is 22.3 Å². The Morgan fingerprint density at radius 2 is 1.74 bits per heavy atom. The van der Waals surface area contributed by atoms with Gasteiger partial charge in [0.25, 0.3) is 0 Å². The minimum atomic E-state index is -0.592. The molecule has 0 aliphatic heterocycles. The molecule has 2 aromatic heterocycles. The summed E-state index contributed by atoms with van der Waals surface area (Å²) in [6.07, 6.45) is 4.66. The molecule has 0 unspecified atom stereocenters. The molecule has 0 bridgehead atoms. The minimum absolute atomic E-state index is 0.337. The Labute approximate surface area is 107 Å². The van der Waals surface area contributed by atoms with Crippen LogP contribution in [0, 0.1) is 11.8 Å². The number of nitrogens with one attached hydrogen (secondary N) is 1. The molecule has 0 saturated heterocycles. The number of nitrogens with zero attached hydrogens (tertiary/aromatic N) is 2. The van der Waals surface area contributed by atoms with Crippen LogP contribution >= 0.6 is 0 Å². The van der Waals surface area contributed by atoms with Crippen molar-refractivity contribution in [1.29, 1.82) is 0 Å². The van der Waals surface area contributed by atoms with Crippen LogP contribution in [0.1, 0.15) is 0 Å². The van der Waals surface area contributed by atoms with Gasteiger partial charge in [-0.1, -0.05) is 12.1 Å². The van der Waals surface area contributed by atoms with Crippen molar-refractivity contribution in [2.75, 3.05) is 0 Å². The SMILES string of the molecule is Fc1ccc(-c2c(-c3cn[nH]c3)ccnc2F)cc1. The Kier molecular flexibility index (Phi) is 2.79. The number of aromatic amines is 1. The Morgan fingerprint density at radius 3 is 2.42 bits per heavy atom. The minimum Gasteiger partial charge on any atom is -0.285 e. The molecule has 0 fully saturated rings. The lowest BCUT2D eigenvalue weighted by atomic mass is 9.98. The van der Waals surface area contributed by atoms with Gasteiger partial charge in [-0.2, -0.15) is 9.49 Å². The highest BCUT2D eigenvalue weighted by Crippen LogP contribution is 2.32. The van der Waals surface area contributed by atoms with Crippen LogP contribution in [0.4, 0.5) is 8.78 Å². The van der Waals surface area contributed by atoms with Crippen molar-refractivity contribution >= 4 is 0 Å². The molecule has 0 aliphatic carbocycles. The second-order valence-electron chi connectivity index (χ2n) is 4.02. The summed E-state index contributed by atoms with van der Waals surface area (Å²) in [4.78, 5) is 3.66. The molecular formula is C14H9F2N3. The zero-order chi connectivity index (χ0) is 13.2. The van der Waals surface area contributed by atoms with Gasteiger partial charge in [-0.15, -0.1) is 0 Å². The van der Waals surface area contributed by atoms with E-state index < -0.39 is 5.95 Å². The van der Waals surface area contributed by atoms with E-state index >= 15 is 0 Å². The third kappa shape index (κ3) is 2.10. The Morgan fingerprint density at radius 1 is 0.947 bits per heavy atom. The smallest absolute Gasteiger partial charge is 0.221 e. The second-order valence-corrected chi connectivity index (χ2v) is 4.02. The Bertz CT molecular complexity index is 691. The van der Waals surface area contributed by atoms with Crippen LogP contribution in [0.15, 0.2) is 48.9 Å². The van der Waals surface area contributed by atoms with Gasteiger partial charge in [0.15, 0.2) is 0 Å². The van der Waals surface area contributed by atoms with Crippen molar-refractivity contribution in [3.05, 3.63) is 60.7 Å². The summed E-state index contributed by atoms with van der Waals surface area (Å²) in [6.45, 7) is 0. The maximum absolute atomic E-state index is 14.0. The van der Waals surface area contributed by atoms with Crippen LogP contribution in [-0.4, -0.2) is 15.2 Å². The largest absolute Gasteiger partial charge is 0.285 e. The molecule has 5 heteroatoms. The molecule has 94 valence electrons. The molecule has 2 heterocycles. The molecule has 0 spiro atoms. The quantitative estimate of drug-likeness (QED) is 0.715. The van der Waals surface area contributed by atoms with Gasteiger partial charge in [0.1, 0.15) is 5.82 Å². The fourth-order valence-corrected chi connectivity index (χ4v) is 1.97. The highest BCUT2D eigenvalue weighted by Gasteiger charge is 2.14. The van der Waals surface area contributed by atoms with E-state index in [1.807, 2.05) is 0 Å². The van der Waals surface area contributed by atoms with E-state index in [0.717, 1.165) is 5.56 Å². The average molecular weight is 257 g/mol. The van der Waals surface area contributed by atoms with E-state index in [-0.39, 0.29) is 5.82 Å². The van der Waals surface area contributed by atoms with Crippen molar-refractivity contribution in [2.24, 2.45) is 0 Å². The average Bonchev–Trinajstić information content (AvgIpc) is 2.94. The Balaban J connectivity index is 2.22. The number of halogens is 2. The predicted molar refractivity (Wildman–Crippen MR) is 67.2 cm³/mol. The molecule has 19 heavy (non-hydrogen) atoms. The fraction of sp³-hybridized carbons (Fsp3) is 0. The summed E-state index contributed by atoms with van der Waals surface area (Å²) in [5, 5.41) is 6.53. The van der Waals surface area contributed by atoms with Crippen molar-refractivity contribution in [2.45, 2.75) is 0 Å². The third-order valence-corrected chi connectivity index (χ3v) is 2.85. The molecular weight excluding hydrogens is 248 g/mol. The zero-order valence-corrected chi connectivity index (χ0v) is 9.77. The first-order valence-electron chi connectivity index (χ1n) is 5.65. The van der Waals surface area contributed by atoms with E-state index in [2.05, 4.69) is 15.2 Å². The number of aromatic nitrogens is 3. The van der Waals surface area contributed by atoms with Crippen LogP contribution in [0.25, 0.3) is 22.3 Å². The Hall–Kier alpha value is -2.56. The highest BCUT2D eigenvalue weighted by atomic mass is 19.1. The summed E-state index contributed by atoms with van der Waals surface area (Å²) in [5.41, 5.74) is 2.32. The first-order valence-corrected chi connectivity index (χ1v) is 5.65. The van der Waals surface area contributed by atoms with Crippen LogP contribution in [0.2, 0.25) is 0 Å². The lowest BCUT2D eigenvalue weighted by Gasteiger charge is -2.08. The van der Waals surface area contributed by atoms with Gasteiger partial charge in [0.05, 0.1) is 6.20 Å². The van der Waals surface area contributed by atoms with Gasteiger partial charge in [-0.05, 0) is 29.3 Å². The van der Waals surface area contributed by atoms with Gasteiger partial charge in [-0.25, -0.2) is 9.37 Å². The van der Waals surface area contributed by atoms with Crippen LogP contribution in [0.5, 0.6) is 0 Å². The summed E-state index contributed by atoms with van der Waals surface area (Å²) in [7, 11) is 0. The van der Waals surface area contributed by atoms with E-state index in [4.69, 9.17) is 0 Å². The standard InChI is InChI=1S/C14H9F2N3/c15-11-3-1-9(2-4-11)13-12(5-6-17-14(13)16)10-7-18-19-8-10/h1-8H,(H,18,19). The number of rotatable bonds is 2. The summed E-state index contributed by atoms with van der Waals surface area (Å²) >= 11 is 0. The van der Waals surface area contributed by atoms with Crippen molar-refractivity contribution < 1.29 is 8.78 Å². The first kappa shape index (κ1) is 11.5. The summed E-state index contributed by atoms with van der Waals surface area (Å²) in [6, 6.07) is 7.34. The van der Waals surface area contributed by atoms with Gasteiger partial charge in [0, 0.05) is 23.5 Å². The molecule has 0 amide bonds. The maximum Gasteiger partial charge on any atom is 0.221 e. The number of benzene rings is 1. The van der Waals surface area contributed by atoms with Gasteiger partial charge >= 0.3 is 0 Å². The van der Waals surface area contributed by atoms with Gasteiger partial charge in [0.2, 0.25) is 5.95 Å². The normalized spacial score (nSPS) is 10.6. The van der Waals surface area contributed by atoms with Crippen molar-refractivity contribution in [3.63, 3.8) is 0 Å². The monoisotopic (exact) mass is 257 g/mol. The second kappa shape index (κ2) is 4.61. The van der Waals surface area contributed by atoms with Crippen molar-refractivity contribution in [1.82, 2.24) is 15.2 Å². The first-order chi connectivity index (χ1) is 9.25. The topological polar surface area (TPSA) is 41.6 Å². The molecule has 0 aliphatic rings. The molecule has 1 aromatic carbocycles. The fourth-order valence-electron chi connectivity index (χ4n) is 1.97. The predicted octanol–water partition coefficient (Wildman–Crippen LogP) is 3.42. The summed E-state index contributed by atoms with van der Waals surface area (Å²) < 4.78 is 26.9. The molecule has 3 rings (SSSR count). The van der Waals surface area contributed by atoms with E-state index in [1.54, 1.807) is 18.5 Å². The number of hydrogen-bond donors (Lipinski definition) is 1. The zero-order valence-electron chi connectivity index (χ0n) is 9.77. The maximum atomic E-state index is 14.0. The van der Waals surface area contributed by atoms with Gasteiger partial charge < -0.3 is 0 Å². The molecule has 3 nitrogen and oxygen atoms in total. The lowest BCUT2D eigenvalue weighted by Crippen LogP contribution is -1.92. The molecule has 0 atom stereocenters. The van der Waals surface area contributed by atoms with Gasteiger partial charge in [-0.3, -0.25) is 5.10 Å². The van der Waals surface area contributed by atoms with Crippen LogP contribution in [0.3, 0.4) is 0 Å². The highest BCUT2D eigenvalue weighted by molar-refractivity contribution is 5.82. The molecule has 0 radical (unpaired) electrons. The van der Waals surface area contributed by atoms with Crippen LogP contribution < -0.4 is 0 Å².